The van der Waals surface area contributed by atoms with Crippen molar-refractivity contribution in [2.24, 2.45) is 7.05 Å². The Hall–Kier alpha value is -3.07. The Morgan fingerprint density at radius 3 is 2.92 bits per heavy atom. The molecule has 1 saturated heterocycles. The van der Waals surface area contributed by atoms with E-state index in [1.807, 2.05) is 18.3 Å². The second-order valence-corrected chi connectivity index (χ2v) is 6.51. The summed E-state index contributed by atoms with van der Waals surface area (Å²) in [5.41, 5.74) is 3.73. The number of rotatable bonds is 4. The van der Waals surface area contributed by atoms with Crippen molar-refractivity contribution in [3.63, 3.8) is 0 Å². The van der Waals surface area contributed by atoms with Crippen LogP contribution in [0.4, 0.5) is 4.79 Å². The number of hydrogen-bond acceptors (Lipinski definition) is 5. The van der Waals surface area contributed by atoms with Gasteiger partial charge < -0.3 is 15.0 Å². The quantitative estimate of drug-likeness (QED) is 0.832. The molecule has 1 aromatic heterocycles. The summed E-state index contributed by atoms with van der Waals surface area (Å²) in [6, 6.07) is 5.01. The number of urea groups is 1. The first kappa shape index (κ1) is 16.4. The van der Waals surface area contributed by atoms with Crippen LogP contribution in [0.5, 0.6) is 5.75 Å². The van der Waals surface area contributed by atoms with Crippen molar-refractivity contribution < 1.29 is 19.2 Å². The van der Waals surface area contributed by atoms with Gasteiger partial charge in [0.25, 0.3) is 5.91 Å². The number of ether oxygens (including phenoxy) is 1. The predicted octanol–water partition coefficient (Wildman–Crippen LogP) is 0.524. The van der Waals surface area contributed by atoms with Crippen LogP contribution < -0.4 is 15.5 Å². The van der Waals surface area contributed by atoms with Gasteiger partial charge in [0.2, 0.25) is 0 Å². The van der Waals surface area contributed by atoms with Gasteiger partial charge in [-0.2, -0.15) is 5.10 Å². The molecule has 0 radical (unpaired) electrons. The Morgan fingerprint density at radius 1 is 1.38 bits per heavy atom. The maximum Gasteiger partial charge on any atom is 0.339 e. The standard InChI is InChI=1S/C17H19N5O4/c1-21-8-12(6-18-21)17(10-26-20-16(24)19-17)9-22-7-11-3-4-13(25-2)5-14(11)15(22)23/h3-6,8H,7,9-10H2,1-2H3,(H2,19,20,24). The summed E-state index contributed by atoms with van der Waals surface area (Å²) >= 11 is 0. The SMILES string of the molecule is COc1ccc2c(c1)C(=O)N(CC1(c3cnn(C)c3)CONC(=O)N1)C2. The number of carbonyl (C=O) groups excluding carboxylic acids is 2. The van der Waals surface area contributed by atoms with E-state index in [2.05, 4.69) is 15.9 Å². The highest BCUT2D eigenvalue weighted by Crippen LogP contribution is 2.31. The van der Waals surface area contributed by atoms with Gasteiger partial charge in [-0.15, -0.1) is 0 Å². The maximum absolute atomic E-state index is 12.9. The lowest BCUT2D eigenvalue weighted by molar-refractivity contribution is -0.0221. The number of carbonyl (C=O) groups is 2. The van der Waals surface area contributed by atoms with E-state index in [9.17, 15) is 9.59 Å². The Morgan fingerprint density at radius 2 is 2.23 bits per heavy atom. The van der Waals surface area contributed by atoms with Gasteiger partial charge in [0.1, 0.15) is 17.9 Å². The molecule has 1 unspecified atom stereocenters. The van der Waals surface area contributed by atoms with E-state index >= 15 is 0 Å². The Kier molecular flexibility index (Phi) is 3.80. The van der Waals surface area contributed by atoms with E-state index in [-0.39, 0.29) is 19.1 Å². The summed E-state index contributed by atoms with van der Waals surface area (Å²) in [5, 5.41) is 7.10. The van der Waals surface area contributed by atoms with E-state index in [4.69, 9.17) is 9.57 Å². The first-order valence-corrected chi connectivity index (χ1v) is 8.16. The smallest absolute Gasteiger partial charge is 0.339 e. The summed E-state index contributed by atoms with van der Waals surface area (Å²) in [4.78, 5) is 31.8. The van der Waals surface area contributed by atoms with Gasteiger partial charge in [-0.1, -0.05) is 6.07 Å². The molecule has 0 aliphatic carbocycles. The molecule has 2 N–H and O–H groups in total. The van der Waals surface area contributed by atoms with Crippen LogP contribution in [0.15, 0.2) is 30.6 Å². The van der Waals surface area contributed by atoms with Crippen LogP contribution in [0.1, 0.15) is 21.5 Å². The molecule has 136 valence electrons. The van der Waals surface area contributed by atoms with Crippen molar-refractivity contribution in [2.45, 2.75) is 12.1 Å². The second-order valence-electron chi connectivity index (χ2n) is 6.51. The monoisotopic (exact) mass is 357 g/mol. The number of benzene rings is 1. The van der Waals surface area contributed by atoms with E-state index in [1.165, 1.54) is 0 Å². The number of amides is 3. The fraction of sp³-hybridized carbons (Fsp3) is 0.353. The number of methoxy groups -OCH3 is 1. The molecule has 0 bridgehead atoms. The molecule has 0 spiro atoms. The molecule has 26 heavy (non-hydrogen) atoms. The number of aromatic nitrogens is 2. The minimum absolute atomic E-state index is 0.102. The number of nitrogens with zero attached hydrogens (tertiary/aromatic N) is 3. The molecule has 1 fully saturated rings. The van der Waals surface area contributed by atoms with Gasteiger partial charge in [-0.05, 0) is 17.7 Å². The summed E-state index contributed by atoms with van der Waals surface area (Å²) in [6.07, 6.45) is 3.48. The Labute approximate surface area is 149 Å². The second kappa shape index (κ2) is 6.03. The van der Waals surface area contributed by atoms with E-state index in [0.29, 0.717) is 17.9 Å². The molecule has 1 atom stereocenters. The number of aryl methyl sites for hydroxylation is 1. The van der Waals surface area contributed by atoms with Crippen molar-refractivity contribution in [3.05, 3.63) is 47.3 Å². The first-order valence-electron chi connectivity index (χ1n) is 8.16. The third kappa shape index (κ3) is 2.66. The number of nitrogens with one attached hydrogen (secondary N) is 2. The maximum atomic E-state index is 12.9. The minimum Gasteiger partial charge on any atom is -0.497 e. The van der Waals surface area contributed by atoms with Gasteiger partial charge in [0.15, 0.2) is 0 Å². The van der Waals surface area contributed by atoms with Crippen LogP contribution in [0.25, 0.3) is 0 Å². The van der Waals surface area contributed by atoms with Crippen LogP contribution >= 0.6 is 0 Å². The van der Waals surface area contributed by atoms with Gasteiger partial charge in [0, 0.05) is 30.9 Å². The third-order valence-electron chi connectivity index (χ3n) is 4.75. The van der Waals surface area contributed by atoms with Crippen molar-refractivity contribution in [1.82, 2.24) is 25.5 Å². The summed E-state index contributed by atoms with van der Waals surface area (Å²) < 4.78 is 6.86. The zero-order valence-electron chi connectivity index (χ0n) is 14.5. The normalized spacial score (nSPS) is 22.0. The van der Waals surface area contributed by atoms with Gasteiger partial charge in [-0.3, -0.25) is 14.3 Å². The highest BCUT2D eigenvalue weighted by atomic mass is 16.7. The fourth-order valence-corrected chi connectivity index (χ4v) is 3.42. The fourth-order valence-electron chi connectivity index (χ4n) is 3.42. The van der Waals surface area contributed by atoms with Crippen molar-refractivity contribution in [3.8, 4) is 5.75 Å². The summed E-state index contributed by atoms with van der Waals surface area (Å²) in [6.45, 7) is 0.902. The number of fused-ring (bicyclic) bond motifs is 1. The van der Waals surface area contributed by atoms with Crippen molar-refractivity contribution in [1.29, 1.82) is 0 Å². The van der Waals surface area contributed by atoms with Gasteiger partial charge in [-0.25, -0.2) is 10.3 Å². The highest BCUT2D eigenvalue weighted by molar-refractivity contribution is 5.98. The zero-order valence-corrected chi connectivity index (χ0v) is 14.5. The average molecular weight is 357 g/mol. The molecule has 3 amide bonds. The molecular formula is C17H19N5O4. The topological polar surface area (TPSA) is 97.7 Å². The number of hydroxylamine groups is 1. The molecule has 2 aliphatic heterocycles. The molecular weight excluding hydrogens is 338 g/mol. The molecule has 9 nitrogen and oxygen atoms in total. The van der Waals surface area contributed by atoms with E-state index in [1.54, 1.807) is 36.0 Å². The lowest BCUT2D eigenvalue weighted by atomic mass is 9.92. The van der Waals surface area contributed by atoms with Crippen LogP contribution in [-0.2, 0) is 24.0 Å². The molecule has 4 rings (SSSR count). The summed E-state index contributed by atoms with van der Waals surface area (Å²) in [7, 11) is 3.36. The van der Waals surface area contributed by atoms with Crippen LogP contribution in [0, 0.1) is 0 Å². The molecule has 2 aromatic rings. The molecule has 3 heterocycles. The third-order valence-corrected chi connectivity index (χ3v) is 4.75. The lowest BCUT2D eigenvalue weighted by Gasteiger charge is -2.39. The van der Waals surface area contributed by atoms with Crippen LogP contribution in [-0.4, -0.2) is 46.9 Å². The average Bonchev–Trinajstić information content (AvgIpc) is 3.19. The highest BCUT2D eigenvalue weighted by Gasteiger charge is 2.43. The molecule has 0 saturated carbocycles. The van der Waals surface area contributed by atoms with Crippen molar-refractivity contribution >= 4 is 11.9 Å². The largest absolute Gasteiger partial charge is 0.497 e. The van der Waals surface area contributed by atoms with E-state index in [0.717, 1.165) is 11.1 Å². The Bertz CT molecular complexity index is 880. The molecule has 2 aliphatic rings. The first-order chi connectivity index (χ1) is 12.5. The lowest BCUT2D eigenvalue weighted by Crippen LogP contribution is -2.62. The van der Waals surface area contributed by atoms with Crippen LogP contribution in [0.3, 0.4) is 0 Å². The summed E-state index contributed by atoms with van der Waals surface area (Å²) in [5.74, 6) is 0.536. The predicted molar refractivity (Wildman–Crippen MR) is 90.2 cm³/mol. The molecule has 1 aromatic carbocycles. The van der Waals surface area contributed by atoms with Crippen LogP contribution in [0.2, 0.25) is 0 Å². The van der Waals surface area contributed by atoms with E-state index < -0.39 is 11.6 Å². The zero-order chi connectivity index (χ0) is 18.3. The minimum atomic E-state index is -0.877. The number of hydrogen-bond donors (Lipinski definition) is 2. The van der Waals surface area contributed by atoms with Gasteiger partial charge >= 0.3 is 6.03 Å². The Balaban J connectivity index is 1.65. The van der Waals surface area contributed by atoms with Crippen molar-refractivity contribution in [2.75, 3.05) is 20.3 Å². The van der Waals surface area contributed by atoms with Gasteiger partial charge in [0.05, 0.1) is 19.9 Å². The molecule has 9 heteroatoms.